The zero-order valence-corrected chi connectivity index (χ0v) is 15.1. The Bertz CT molecular complexity index is 586. The predicted octanol–water partition coefficient (Wildman–Crippen LogP) is 2.00. The van der Waals surface area contributed by atoms with E-state index in [-0.39, 0.29) is 30.1 Å². The number of ether oxygens (including phenoxy) is 1. The Kier molecular flexibility index (Phi) is 6.36. The topological polar surface area (TPSA) is 91.8 Å². The van der Waals surface area contributed by atoms with E-state index >= 15 is 0 Å². The van der Waals surface area contributed by atoms with Gasteiger partial charge in [-0.05, 0) is 24.0 Å². The van der Waals surface area contributed by atoms with Crippen LogP contribution in [0.5, 0.6) is 0 Å². The summed E-state index contributed by atoms with van der Waals surface area (Å²) in [6, 6.07) is 5.56. The summed E-state index contributed by atoms with van der Waals surface area (Å²) in [6.07, 6.45) is 2.51. The second-order valence-corrected chi connectivity index (χ2v) is 7.60. The Morgan fingerprint density at radius 2 is 2.16 bits per heavy atom. The van der Waals surface area contributed by atoms with Crippen LogP contribution in [0.2, 0.25) is 0 Å². The van der Waals surface area contributed by atoms with Crippen molar-refractivity contribution in [1.82, 2.24) is 9.88 Å². The van der Waals surface area contributed by atoms with E-state index in [4.69, 9.17) is 9.84 Å². The van der Waals surface area contributed by atoms with E-state index in [9.17, 15) is 9.59 Å². The molecule has 0 aromatic carbocycles. The van der Waals surface area contributed by atoms with Gasteiger partial charge in [-0.1, -0.05) is 26.8 Å². The first-order chi connectivity index (χ1) is 11.7. The number of carboxylic acids is 1. The van der Waals surface area contributed by atoms with Gasteiger partial charge in [0.1, 0.15) is 12.4 Å². The van der Waals surface area contributed by atoms with Crippen LogP contribution in [0.15, 0.2) is 24.4 Å². The fourth-order valence-electron chi connectivity index (χ4n) is 2.93. The average molecular weight is 349 g/mol. The lowest BCUT2D eigenvalue weighted by Crippen LogP contribution is -2.41. The Morgan fingerprint density at radius 1 is 1.40 bits per heavy atom. The first-order valence-electron chi connectivity index (χ1n) is 8.52. The fraction of sp³-hybridized carbons (Fsp3) is 0.611. The number of carboxylic acid groups (broad SMARTS) is 1. The molecule has 1 aromatic rings. The molecule has 2 heterocycles. The molecular formula is C18H27N3O4. The normalized spacial score (nSPS) is 20.5. The first kappa shape index (κ1) is 19.2. The van der Waals surface area contributed by atoms with Crippen LogP contribution in [-0.4, -0.2) is 58.7 Å². The third kappa shape index (κ3) is 6.34. The lowest BCUT2D eigenvalue weighted by Gasteiger charge is -2.28. The highest BCUT2D eigenvalue weighted by Crippen LogP contribution is 2.26. The molecule has 0 bridgehead atoms. The van der Waals surface area contributed by atoms with Crippen molar-refractivity contribution in [3.8, 4) is 0 Å². The van der Waals surface area contributed by atoms with Gasteiger partial charge in [-0.25, -0.2) is 9.78 Å². The molecule has 0 radical (unpaired) electrons. The molecule has 2 atom stereocenters. The second-order valence-electron chi connectivity index (χ2n) is 7.60. The van der Waals surface area contributed by atoms with Gasteiger partial charge in [-0.15, -0.1) is 0 Å². The number of aromatic nitrogens is 1. The molecule has 1 amide bonds. The van der Waals surface area contributed by atoms with Crippen molar-refractivity contribution in [1.29, 1.82) is 0 Å². The van der Waals surface area contributed by atoms with Crippen molar-refractivity contribution >= 4 is 17.7 Å². The zero-order chi connectivity index (χ0) is 18.4. The Morgan fingerprint density at radius 3 is 2.76 bits per heavy atom. The average Bonchev–Trinajstić information content (AvgIpc) is 2.94. The second kappa shape index (κ2) is 8.29. The molecule has 1 aliphatic heterocycles. The lowest BCUT2D eigenvalue weighted by atomic mass is 9.91. The molecule has 1 aromatic heterocycles. The first-order valence-corrected chi connectivity index (χ1v) is 8.52. The van der Waals surface area contributed by atoms with Gasteiger partial charge in [-0.3, -0.25) is 4.79 Å². The van der Waals surface area contributed by atoms with Crippen molar-refractivity contribution in [3.05, 3.63) is 24.4 Å². The smallest absolute Gasteiger partial charge is 0.329 e. The van der Waals surface area contributed by atoms with Crippen molar-refractivity contribution in [2.45, 2.75) is 45.8 Å². The van der Waals surface area contributed by atoms with Crippen molar-refractivity contribution < 1.29 is 19.4 Å². The van der Waals surface area contributed by atoms with Crippen LogP contribution in [0.4, 0.5) is 5.82 Å². The molecular weight excluding hydrogens is 322 g/mol. The summed E-state index contributed by atoms with van der Waals surface area (Å²) in [5.74, 6) is -0.176. The molecule has 2 rings (SSSR count). The van der Waals surface area contributed by atoms with Crippen molar-refractivity contribution in [2.75, 3.05) is 25.0 Å². The number of carbonyl (C=O) groups is 2. The number of aliphatic carboxylic acids is 1. The summed E-state index contributed by atoms with van der Waals surface area (Å²) in [5, 5.41) is 12.0. The number of carbonyl (C=O) groups excluding carboxylic acids is 1. The molecule has 0 unspecified atom stereocenters. The maximum atomic E-state index is 12.7. The van der Waals surface area contributed by atoms with E-state index in [1.54, 1.807) is 6.20 Å². The maximum absolute atomic E-state index is 12.7. The zero-order valence-electron chi connectivity index (χ0n) is 15.1. The third-order valence-corrected chi connectivity index (χ3v) is 4.00. The number of anilines is 1. The van der Waals surface area contributed by atoms with Crippen LogP contribution in [0.25, 0.3) is 0 Å². The summed E-state index contributed by atoms with van der Waals surface area (Å²) in [4.78, 5) is 29.4. The number of nitrogens with zero attached hydrogens (tertiary/aromatic N) is 2. The molecule has 1 fully saturated rings. The van der Waals surface area contributed by atoms with E-state index in [0.29, 0.717) is 25.9 Å². The van der Waals surface area contributed by atoms with Gasteiger partial charge < -0.3 is 20.1 Å². The minimum atomic E-state index is -0.998. The molecule has 1 aliphatic rings. The van der Waals surface area contributed by atoms with Crippen LogP contribution in [-0.2, 0) is 14.3 Å². The van der Waals surface area contributed by atoms with Gasteiger partial charge in [0, 0.05) is 25.7 Å². The molecule has 1 saturated heterocycles. The number of hydrogen-bond donors (Lipinski definition) is 2. The summed E-state index contributed by atoms with van der Waals surface area (Å²) in [5.41, 5.74) is -0.101. The van der Waals surface area contributed by atoms with Gasteiger partial charge in [0.25, 0.3) is 0 Å². The number of hydrogen-bond acceptors (Lipinski definition) is 5. The monoisotopic (exact) mass is 349 g/mol. The number of nitrogens with one attached hydrogen (secondary N) is 1. The van der Waals surface area contributed by atoms with E-state index < -0.39 is 5.97 Å². The quantitative estimate of drug-likeness (QED) is 0.782. The molecule has 25 heavy (non-hydrogen) atoms. The number of rotatable bonds is 7. The highest BCUT2D eigenvalue weighted by Gasteiger charge is 2.37. The number of pyridine rings is 1. The minimum Gasteiger partial charge on any atom is -0.480 e. The Balaban J connectivity index is 2.00. The Labute approximate surface area is 148 Å². The predicted molar refractivity (Wildman–Crippen MR) is 94.3 cm³/mol. The summed E-state index contributed by atoms with van der Waals surface area (Å²) < 4.78 is 5.42. The molecule has 7 heteroatoms. The highest BCUT2D eigenvalue weighted by atomic mass is 16.5. The fourth-order valence-corrected chi connectivity index (χ4v) is 2.93. The highest BCUT2D eigenvalue weighted by molar-refractivity contribution is 5.77. The molecule has 7 nitrogen and oxygen atoms in total. The summed E-state index contributed by atoms with van der Waals surface area (Å²) in [7, 11) is 0. The van der Waals surface area contributed by atoms with Gasteiger partial charge in [0.2, 0.25) is 5.91 Å². The van der Waals surface area contributed by atoms with E-state index in [1.807, 2.05) is 43.9 Å². The molecule has 0 aliphatic carbocycles. The number of amides is 1. The standard InChI is InChI=1S/C18H27N3O4/c1-18(2,3)9-16(22)21-11-14(25-12-17(23)24)8-13(21)10-20-15-6-4-5-7-19-15/h4-7,13-14H,8-12H2,1-3H3,(H,19,20)(H,23,24)/t13-,14+/m0/s1. The van der Waals surface area contributed by atoms with Crippen molar-refractivity contribution in [3.63, 3.8) is 0 Å². The summed E-state index contributed by atoms with van der Waals surface area (Å²) in [6.45, 7) is 6.73. The number of likely N-dealkylation sites (tertiary alicyclic amines) is 1. The van der Waals surface area contributed by atoms with E-state index in [2.05, 4.69) is 10.3 Å². The summed E-state index contributed by atoms with van der Waals surface area (Å²) >= 11 is 0. The van der Waals surface area contributed by atoms with Crippen LogP contribution < -0.4 is 5.32 Å². The van der Waals surface area contributed by atoms with Crippen LogP contribution in [0.1, 0.15) is 33.6 Å². The van der Waals surface area contributed by atoms with Crippen molar-refractivity contribution in [2.24, 2.45) is 5.41 Å². The van der Waals surface area contributed by atoms with Gasteiger partial charge in [-0.2, -0.15) is 0 Å². The largest absolute Gasteiger partial charge is 0.480 e. The van der Waals surface area contributed by atoms with Gasteiger partial charge in [0.15, 0.2) is 0 Å². The van der Waals surface area contributed by atoms with Crippen LogP contribution >= 0.6 is 0 Å². The Hall–Kier alpha value is -2.15. The lowest BCUT2D eigenvalue weighted by molar-refractivity contribution is -0.144. The molecule has 2 N–H and O–H groups in total. The molecule has 0 spiro atoms. The van der Waals surface area contributed by atoms with Crippen LogP contribution in [0.3, 0.4) is 0 Å². The molecule has 0 saturated carbocycles. The molecule has 138 valence electrons. The SMILES string of the molecule is CC(C)(C)CC(=O)N1C[C@H](OCC(=O)O)C[C@H]1CNc1ccccn1. The van der Waals surface area contributed by atoms with E-state index in [0.717, 1.165) is 5.82 Å². The minimum absolute atomic E-state index is 0.0457. The van der Waals surface area contributed by atoms with Gasteiger partial charge >= 0.3 is 5.97 Å². The third-order valence-electron chi connectivity index (χ3n) is 4.00. The van der Waals surface area contributed by atoms with Crippen LogP contribution in [0, 0.1) is 5.41 Å². The maximum Gasteiger partial charge on any atom is 0.329 e. The van der Waals surface area contributed by atoms with E-state index in [1.165, 1.54) is 0 Å². The van der Waals surface area contributed by atoms with Gasteiger partial charge in [0.05, 0.1) is 12.1 Å².